The maximum atomic E-state index is 11.7. The van der Waals surface area contributed by atoms with Crippen LogP contribution in [0.4, 0.5) is 5.82 Å². The number of carbonyl (C=O) groups excluding carboxylic acids is 1. The van der Waals surface area contributed by atoms with Gasteiger partial charge in [0.15, 0.2) is 5.16 Å². The van der Waals surface area contributed by atoms with E-state index in [1.54, 1.807) is 6.92 Å². The van der Waals surface area contributed by atoms with Gasteiger partial charge in [0.05, 0.1) is 6.61 Å². The van der Waals surface area contributed by atoms with E-state index in [4.69, 9.17) is 4.74 Å². The SMILES string of the molecule is CCCCNc1nc(SC)ncc1C(=O)OCC. The summed E-state index contributed by atoms with van der Waals surface area (Å²) in [6.07, 6.45) is 5.53. The highest BCUT2D eigenvalue weighted by atomic mass is 32.2. The molecule has 6 heteroatoms. The molecule has 1 rings (SSSR count). The maximum Gasteiger partial charge on any atom is 0.343 e. The van der Waals surface area contributed by atoms with Crippen LogP contribution in [0.15, 0.2) is 11.4 Å². The Morgan fingerprint density at radius 2 is 2.28 bits per heavy atom. The van der Waals surface area contributed by atoms with Crippen molar-refractivity contribution in [3.63, 3.8) is 0 Å². The molecule has 0 unspecified atom stereocenters. The van der Waals surface area contributed by atoms with E-state index < -0.39 is 0 Å². The predicted molar refractivity (Wildman–Crippen MR) is 73.2 cm³/mol. The van der Waals surface area contributed by atoms with Crippen LogP contribution in [-0.4, -0.2) is 35.3 Å². The summed E-state index contributed by atoms with van der Waals surface area (Å²) in [5.41, 5.74) is 0.394. The van der Waals surface area contributed by atoms with Crippen molar-refractivity contribution in [1.82, 2.24) is 9.97 Å². The van der Waals surface area contributed by atoms with Crippen molar-refractivity contribution in [1.29, 1.82) is 0 Å². The molecule has 0 amide bonds. The fourth-order valence-corrected chi connectivity index (χ4v) is 1.68. The third kappa shape index (κ3) is 4.18. The third-order valence-corrected chi connectivity index (χ3v) is 2.83. The number of nitrogens with zero attached hydrogens (tertiary/aromatic N) is 2. The zero-order chi connectivity index (χ0) is 13.4. The summed E-state index contributed by atoms with van der Waals surface area (Å²) in [7, 11) is 0. The minimum atomic E-state index is -0.385. The maximum absolute atomic E-state index is 11.7. The monoisotopic (exact) mass is 269 g/mol. The highest BCUT2D eigenvalue weighted by Crippen LogP contribution is 2.17. The molecule has 0 fully saturated rings. The number of unbranched alkanes of at least 4 members (excludes halogenated alkanes) is 1. The summed E-state index contributed by atoms with van der Waals surface area (Å²) in [5.74, 6) is 0.172. The zero-order valence-electron chi connectivity index (χ0n) is 11.0. The second-order valence-corrected chi connectivity index (χ2v) is 4.39. The first-order valence-electron chi connectivity index (χ1n) is 6.04. The average molecular weight is 269 g/mol. The number of aromatic nitrogens is 2. The minimum Gasteiger partial charge on any atom is -0.462 e. The Morgan fingerprint density at radius 1 is 1.50 bits per heavy atom. The van der Waals surface area contributed by atoms with Crippen molar-refractivity contribution < 1.29 is 9.53 Å². The van der Waals surface area contributed by atoms with Crippen LogP contribution in [0.1, 0.15) is 37.0 Å². The van der Waals surface area contributed by atoms with Crippen molar-refractivity contribution >= 4 is 23.5 Å². The molecule has 0 saturated carbocycles. The van der Waals surface area contributed by atoms with Gasteiger partial charge in [0.1, 0.15) is 11.4 Å². The van der Waals surface area contributed by atoms with E-state index in [-0.39, 0.29) is 5.97 Å². The molecule has 1 aromatic heterocycles. The minimum absolute atomic E-state index is 0.345. The summed E-state index contributed by atoms with van der Waals surface area (Å²) in [4.78, 5) is 20.2. The fourth-order valence-electron chi connectivity index (χ4n) is 1.34. The van der Waals surface area contributed by atoms with E-state index >= 15 is 0 Å². The summed E-state index contributed by atoms with van der Waals surface area (Å²) < 4.78 is 4.98. The molecule has 0 radical (unpaired) electrons. The normalized spacial score (nSPS) is 10.2. The molecule has 0 aliphatic heterocycles. The largest absolute Gasteiger partial charge is 0.462 e. The lowest BCUT2D eigenvalue weighted by Gasteiger charge is -2.10. The number of carbonyl (C=O) groups is 1. The molecule has 18 heavy (non-hydrogen) atoms. The average Bonchev–Trinajstić information content (AvgIpc) is 2.39. The van der Waals surface area contributed by atoms with Gasteiger partial charge in [-0.25, -0.2) is 14.8 Å². The first kappa shape index (κ1) is 14.8. The number of ether oxygens (including phenoxy) is 1. The van der Waals surface area contributed by atoms with Crippen molar-refractivity contribution in [2.24, 2.45) is 0 Å². The standard InChI is InChI=1S/C12H19N3O2S/c1-4-6-7-13-10-9(11(16)17-5-2)8-14-12(15-10)18-3/h8H,4-7H2,1-3H3,(H,13,14,15). The van der Waals surface area contributed by atoms with E-state index in [9.17, 15) is 4.79 Å². The lowest BCUT2D eigenvalue weighted by molar-refractivity contribution is 0.0526. The number of hydrogen-bond donors (Lipinski definition) is 1. The molecule has 1 aromatic rings. The summed E-state index contributed by atoms with van der Waals surface area (Å²) in [6.45, 7) is 5.02. The first-order chi connectivity index (χ1) is 8.72. The molecule has 0 saturated heterocycles. The van der Waals surface area contributed by atoms with Gasteiger partial charge >= 0.3 is 5.97 Å². The van der Waals surface area contributed by atoms with Gasteiger partial charge in [-0.05, 0) is 19.6 Å². The van der Waals surface area contributed by atoms with Gasteiger partial charge in [-0.2, -0.15) is 0 Å². The Kier molecular flexibility index (Phi) is 6.49. The topological polar surface area (TPSA) is 64.1 Å². The van der Waals surface area contributed by atoms with Crippen molar-refractivity contribution in [2.75, 3.05) is 24.7 Å². The first-order valence-corrected chi connectivity index (χ1v) is 7.27. The van der Waals surface area contributed by atoms with Crippen LogP contribution in [0.25, 0.3) is 0 Å². The van der Waals surface area contributed by atoms with Gasteiger partial charge in [-0.3, -0.25) is 0 Å². The van der Waals surface area contributed by atoms with E-state index in [0.717, 1.165) is 19.4 Å². The lowest BCUT2D eigenvalue weighted by atomic mass is 10.3. The molecule has 5 nitrogen and oxygen atoms in total. The summed E-state index contributed by atoms with van der Waals surface area (Å²) >= 11 is 1.44. The Hall–Kier alpha value is -1.30. The molecular formula is C12H19N3O2S. The number of rotatable bonds is 7. The van der Waals surface area contributed by atoms with Gasteiger partial charge in [-0.15, -0.1) is 0 Å². The van der Waals surface area contributed by atoms with Crippen LogP contribution in [0.3, 0.4) is 0 Å². The van der Waals surface area contributed by atoms with Crippen LogP contribution in [0, 0.1) is 0 Å². The summed E-state index contributed by atoms with van der Waals surface area (Å²) in [6, 6.07) is 0. The van der Waals surface area contributed by atoms with Crippen molar-refractivity contribution in [3.05, 3.63) is 11.8 Å². The number of nitrogens with one attached hydrogen (secondary N) is 1. The lowest BCUT2D eigenvalue weighted by Crippen LogP contribution is -2.13. The van der Waals surface area contributed by atoms with Gasteiger partial charge in [-0.1, -0.05) is 25.1 Å². The van der Waals surface area contributed by atoms with Crippen molar-refractivity contribution in [2.45, 2.75) is 31.8 Å². The van der Waals surface area contributed by atoms with E-state index in [1.165, 1.54) is 18.0 Å². The molecule has 1 N–H and O–H groups in total. The van der Waals surface area contributed by atoms with Crippen LogP contribution in [0.2, 0.25) is 0 Å². The number of hydrogen-bond acceptors (Lipinski definition) is 6. The fraction of sp³-hybridized carbons (Fsp3) is 0.583. The predicted octanol–water partition coefficient (Wildman–Crippen LogP) is 2.59. The van der Waals surface area contributed by atoms with E-state index in [0.29, 0.717) is 23.1 Å². The van der Waals surface area contributed by atoms with E-state index in [2.05, 4.69) is 22.2 Å². The number of thioether (sulfide) groups is 1. The highest BCUT2D eigenvalue weighted by molar-refractivity contribution is 7.98. The zero-order valence-corrected chi connectivity index (χ0v) is 11.8. The molecular weight excluding hydrogens is 250 g/mol. The number of anilines is 1. The highest BCUT2D eigenvalue weighted by Gasteiger charge is 2.15. The van der Waals surface area contributed by atoms with Crippen LogP contribution >= 0.6 is 11.8 Å². The molecule has 1 heterocycles. The Labute approximate surface area is 112 Å². The van der Waals surface area contributed by atoms with Crippen LogP contribution < -0.4 is 5.32 Å². The van der Waals surface area contributed by atoms with E-state index in [1.807, 2.05) is 6.26 Å². The van der Waals surface area contributed by atoms with Gasteiger partial charge < -0.3 is 10.1 Å². The van der Waals surface area contributed by atoms with Gasteiger partial charge in [0.25, 0.3) is 0 Å². The molecule has 0 aliphatic rings. The summed E-state index contributed by atoms with van der Waals surface area (Å²) in [5, 5.41) is 3.80. The molecule has 0 bridgehead atoms. The smallest absolute Gasteiger partial charge is 0.343 e. The quantitative estimate of drug-likeness (QED) is 0.355. The third-order valence-electron chi connectivity index (χ3n) is 2.27. The van der Waals surface area contributed by atoms with Crippen LogP contribution in [0.5, 0.6) is 0 Å². The molecule has 0 aliphatic carbocycles. The molecule has 100 valence electrons. The molecule has 0 aromatic carbocycles. The second kappa shape index (κ2) is 7.92. The van der Waals surface area contributed by atoms with Gasteiger partial charge in [0, 0.05) is 12.7 Å². The molecule has 0 atom stereocenters. The van der Waals surface area contributed by atoms with Crippen LogP contribution in [-0.2, 0) is 4.74 Å². The Bertz CT molecular complexity index is 399. The molecule has 0 spiro atoms. The van der Waals surface area contributed by atoms with Crippen molar-refractivity contribution in [3.8, 4) is 0 Å². The second-order valence-electron chi connectivity index (χ2n) is 3.62. The Balaban J connectivity index is 2.89. The van der Waals surface area contributed by atoms with Gasteiger partial charge in [0.2, 0.25) is 0 Å². The Morgan fingerprint density at radius 3 is 2.89 bits per heavy atom. The number of esters is 1.